The van der Waals surface area contributed by atoms with Gasteiger partial charge in [0.2, 0.25) is 5.88 Å². The van der Waals surface area contributed by atoms with Crippen molar-refractivity contribution in [2.75, 3.05) is 7.11 Å². The first-order chi connectivity index (χ1) is 8.78. The molecule has 0 amide bonds. The second-order valence-corrected chi connectivity index (χ2v) is 5.40. The summed E-state index contributed by atoms with van der Waals surface area (Å²) in [4.78, 5) is 4.13. The van der Waals surface area contributed by atoms with Crippen LogP contribution in [0.1, 0.15) is 44.6 Å². The van der Waals surface area contributed by atoms with Gasteiger partial charge in [0.15, 0.2) is 0 Å². The molecule has 0 aromatic carbocycles. The highest BCUT2D eigenvalue weighted by atomic mass is 16.5. The number of ether oxygens (including phenoxy) is 1. The van der Waals surface area contributed by atoms with Crippen molar-refractivity contribution in [3.63, 3.8) is 0 Å². The van der Waals surface area contributed by atoms with Gasteiger partial charge in [-0.2, -0.15) is 0 Å². The molecule has 1 aromatic rings. The molecule has 2 atom stereocenters. The summed E-state index contributed by atoms with van der Waals surface area (Å²) in [5.41, 5.74) is 1.25. The molecule has 0 bridgehead atoms. The van der Waals surface area contributed by atoms with Crippen LogP contribution >= 0.6 is 0 Å². The minimum atomic E-state index is 0.675. The van der Waals surface area contributed by atoms with Crippen molar-refractivity contribution in [1.82, 2.24) is 10.3 Å². The van der Waals surface area contributed by atoms with Crippen LogP contribution in [0.3, 0.4) is 0 Å². The molecule has 1 heterocycles. The third-order valence-corrected chi connectivity index (χ3v) is 3.86. The Kier molecular flexibility index (Phi) is 5.00. The number of nitrogens with one attached hydrogen (secondary N) is 1. The monoisotopic (exact) mass is 248 g/mol. The van der Waals surface area contributed by atoms with E-state index >= 15 is 0 Å². The van der Waals surface area contributed by atoms with Gasteiger partial charge in [-0.3, -0.25) is 0 Å². The second-order valence-electron chi connectivity index (χ2n) is 5.40. The molecule has 2 rings (SSSR count). The Morgan fingerprint density at radius 3 is 3.06 bits per heavy atom. The van der Waals surface area contributed by atoms with Gasteiger partial charge in [-0.15, -0.1) is 0 Å². The zero-order valence-electron chi connectivity index (χ0n) is 11.5. The number of hydrogen-bond donors (Lipinski definition) is 1. The normalized spacial score (nSPS) is 24.6. The fraction of sp³-hybridized carbons (Fsp3) is 0.667. The average Bonchev–Trinajstić information content (AvgIpc) is 2.61. The van der Waals surface area contributed by atoms with E-state index in [4.69, 9.17) is 4.74 Å². The van der Waals surface area contributed by atoms with Crippen LogP contribution in [0.5, 0.6) is 5.88 Å². The van der Waals surface area contributed by atoms with Gasteiger partial charge >= 0.3 is 0 Å². The lowest BCUT2D eigenvalue weighted by Crippen LogP contribution is -2.27. The molecule has 18 heavy (non-hydrogen) atoms. The minimum absolute atomic E-state index is 0.675. The molecule has 100 valence electrons. The van der Waals surface area contributed by atoms with Gasteiger partial charge in [-0.25, -0.2) is 4.98 Å². The van der Waals surface area contributed by atoms with Crippen molar-refractivity contribution < 1.29 is 4.74 Å². The van der Waals surface area contributed by atoms with Gasteiger partial charge in [0.1, 0.15) is 0 Å². The molecule has 2 unspecified atom stereocenters. The van der Waals surface area contributed by atoms with E-state index in [1.54, 1.807) is 7.11 Å². The highest BCUT2D eigenvalue weighted by Crippen LogP contribution is 2.22. The Hall–Kier alpha value is -1.09. The summed E-state index contributed by atoms with van der Waals surface area (Å²) in [5.74, 6) is 1.60. The topological polar surface area (TPSA) is 34.1 Å². The molecule has 1 aliphatic carbocycles. The fourth-order valence-electron chi connectivity index (χ4n) is 2.63. The zero-order valence-corrected chi connectivity index (χ0v) is 11.5. The number of methoxy groups -OCH3 is 1. The molecule has 3 nitrogen and oxygen atoms in total. The molecule has 1 aliphatic rings. The maximum atomic E-state index is 5.14. The van der Waals surface area contributed by atoms with Crippen LogP contribution in [0.2, 0.25) is 0 Å². The Bertz CT molecular complexity index is 367. The zero-order chi connectivity index (χ0) is 12.8. The van der Waals surface area contributed by atoms with E-state index in [9.17, 15) is 0 Å². The SMILES string of the molecule is COc1cc(CNC2CCCC(C)CC2)ccn1. The summed E-state index contributed by atoms with van der Waals surface area (Å²) in [6.45, 7) is 3.29. The molecule has 0 saturated heterocycles. The number of pyridine rings is 1. The standard InChI is InChI=1S/C15H24N2O/c1-12-4-3-5-14(7-6-12)17-11-13-8-9-16-15(10-13)18-2/h8-10,12,14,17H,3-7,11H2,1-2H3. The lowest BCUT2D eigenvalue weighted by atomic mass is 10.0. The van der Waals surface area contributed by atoms with Crippen LogP contribution in [0.4, 0.5) is 0 Å². The number of aromatic nitrogens is 1. The van der Waals surface area contributed by atoms with Crippen molar-refractivity contribution in [2.24, 2.45) is 5.92 Å². The third-order valence-electron chi connectivity index (χ3n) is 3.86. The summed E-state index contributed by atoms with van der Waals surface area (Å²) in [6, 6.07) is 4.73. The maximum Gasteiger partial charge on any atom is 0.213 e. The predicted octanol–water partition coefficient (Wildman–Crippen LogP) is 3.15. The molecule has 1 saturated carbocycles. The van der Waals surface area contributed by atoms with Crippen molar-refractivity contribution in [3.05, 3.63) is 23.9 Å². The summed E-state index contributed by atoms with van der Waals surface area (Å²) < 4.78 is 5.14. The summed E-state index contributed by atoms with van der Waals surface area (Å²) in [6.07, 6.45) is 8.54. The predicted molar refractivity (Wildman–Crippen MR) is 73.7 cm³/mol. The Balaban J connectivity index is 1.83. The number of rotatable bonds is 4. The maximum absolute atomic E-state index is 5.14. The fourth-order valence-corrected chi connectivity index (χ4v) is 2.63. The Labute approximate surface area is 110 Å². The van der Waals surface area contributed by atoms with Gasteiger partial charge in [0.25, 0.3) is 0 Å². The van der Waals surface area contributed by atoms with Crippen LogP contribution in [0.25, 0.3) is 0 Å². The molecule has 0 radical (unpaired) electrons. The van der Waals surface area contributed by atoms with Crippen molar-refractivity contribution in [3.8, 4) is 5.88 Å². The smallest absolute Gasteiger partial charge is 0.213 e. The summed E-state index contributed by atoms with van der Waals surface area (Å²) in [7, 11) is 1.66. The van der Waals surface area contributed by atoms with E-state index in [1.165, 1.54) is 37.7 Å². The number of nitrogens with zero attached hydrogens (tertiary/aromatic N) is 1. The van der Waals surface area contributed by atoms with Crippen LogP contribution in [0, 0.1) is 5.92 Å². The molecule has 0 aliphatic heterocycles. The quantitative estimate of drug-likeness (QED) is 0.831. The van der Waals surface area contributed by atoms with Gasteiger partial charge in [-0.05, 0) is 36.8 Å². The molecule has 1 N–H and O–H groups in total. The van der Waals surface area contributed by atoms with Gasteiger partial charge in [-0.1, -0.05) is 19.8 Å². The first-order valence-electron chi connectivity index (χ1n) is 7.00. The lowest BCUT2D eigenvalue weighted by molar-refractivity contribution is 0.396. The molecule has 1 fully saturated rings. The molecule has 3 heteroatoms. The van der Waals surface area contributed by atoms with E-state index in [-0.39, 0.29) is 0 Å². The Morgan fingerprint density at radius 1 is 1.33 bits per heavy atom. The summed E-state index contributed by atoms with van der Waals surface area (Å²) in [5, 5.41) is 3.67. The largest absolute Gasteiger partial charge is 0.481 e. The van der Waals surface area contributed by atoms with Crippen molar-refractivity contribution >= 4 is 0 Å². The van der Waals surface area contributed by atoms with Crippen LogP contribution in [0.15, 0.2) is 18.3 Å². The first-order valence-corrected chi connectivity index (χ1v) is 7.00. The minimum Gasteiger partial charge on any atom is -0.481 e. The molecule has 0 spiro atoms. The molecular formula is C15H24N2O. The van der Waals surface area contributed by atoms with Crippen molar-refractivity contribution in [2.45, 2.75) is 51.6 Å². The van der Waals surface area contributed by atoms with E-state index in [0.717, 1.165) is 12.5 Å². The first kappa shape index (κ1) is 13.3. The lowest BCUT2D eigenvalue weighted by Gasteiger charge is -2.16. The average molecular weight is 248 g/mol. The van der Waals surface area contributed by atoms with Gasteiger partial charge in [0, 0.05) is 24.8 Å². The molecule has 1 aromatic heterocycles. The van der Waals surface area contributed by atoms with Crippen LogP contribution in [-0.4, -0.2) is 18.1 Å². The Morgan fingerprint density at radius 2 is 2.22 bits per heavy atom. The van der Waals surface area contributed by atoms with E-state index in [2.05, 4.69) is 23.3 Å². The van der Waals surface area contributed by atoms with E-state index < -0.39 is 0 Å². The van der Waals surface area contributed by atoms with Gasteiger partial charge in [0.05, 0.1) is 7.11 Å². The van der Waals surface area contributed by atoms with E-state index in [0.29, 0.717) is 11.9 Å². The van der Waals surface area contributed by atoms with E-state index in [1.807, 2.05) is 12.3 Å². The third kappa shape index (κ3) is 3.98. The van der Waals surface area contributed by atoms with Gasteiger partial charge < -0.3 is 10.1 Å². The summed E-state index contributed by atoms with van der Waals surface area (Å²) >= 11 is 0. The second kappa shape index (κ2) is 6.74. The van der Waals surface area contributed by atoms with Crippen LogP contribution < -0.4 is 10.1 Å². The highest BCUT2D eigenvalue weighted by molar-refractivity contribution is 5.20. The highest BCUT2D eigenvalue weighted by Gasteiger charge is 2.15. The van der Waals surface area contributed by atoms with Crippen molar-refractivity contribution in [1.29, 1.82) is 0 Å². The molecular weight excluding hydrogens is 224 g/mol. The van der Waals surface area contributed by atoms with Crippen LogP contribution in [-0.2, 0) is 6.54 Å². The number of hydrogen-bond acceptors (Lipinski definition) is 3.